The van der Waals surface area contributed by atoms with Gasteiger partial charge in [0.05, 0.1) is 12.6 Å². The smallest absolute Gasteiger partial charge is 0.305 e. The van der Waals surface area contributed by atoms with Crippen LogP contribution in [-0.4, -0.2) is 38.6 Å². The van der Waals surface area contributed by atoms with Gasteiger partial charge in [-0.25, -0.2) is 0 Å². The zero-order valence-corrected chi connectivity index (χ0v) is 12.1. The van der Waals surface area contributed by atoms with Crippen molar-refractivity contribution in [3.63, 3.8) is 0 Å². The average Bonchev–Trinajstić information content (AvgIpc) is 3.04. The molecular formula is C14H12N4O3S. The number of fused-ring (bicyclic) bond motifs is 1. The standard InChI is InChI=1S/C14H12N4O3S/c19-12(20)5-11-13(21)17-14(22-11)18-16-7-8-6-15-10-4-2-1-3-9(8)10/h1-4,6-7,11,15H,5H2,(H,19,20)(H,17,18,21)/b16-7+/t11-/m0/s1. The van der Waals surface area contributed by atoms with E-state index in [9.17, 15) is 9.59 Å². The summed E-state index contributed by atoms with van der Waals surface area (Å²) in [5.74, 6) is -1.37. The number of aromatic nitrogens is 1. The van der Waals surface area contributed by atoms with Crippen molar-refractivity contribution in [3.8, 4) is 0 Å². The number of amidine groups is 1. The SMILES string of the molecule is O=C(O)C[C@@H]1S/C(=N/N=C/c2c[nH]c3ccccc23)NC1=O. The molecule has 8 heteroatoms. The molecule has 0 aliphatic carbocycles. The van der Waals surface area contributed by atoms with Crippen LogP contribution in [0, 0.1) is 0 Å². The summed E-state index contributed by atoms with van der Waals surface area (Å²) < 4.78 is 0. The first kappa shape index (κ1) is 14.3. The molecule has 0 radical (unpaired) electrons. The van der Waals surface area contributed by atoms with Crippen LogP contribution in [0.5, 0.6) is 0 Å². The summed E-state index contributed by atoms with van der Waals surface area (Å²) in [5, 5.41) is 19.8. The maximum Gasteiger partial charge on any atom is 0.305 e. The Hall–Kier alpha value is -2.61. The molecule has 1 aliphatic heterocycles. The summed E-state index contributed by atoms with van der Waals surface area (Å²) in [7, 11) is 0. The first-order chi connectivity index (χ1) is 10.6. The Bertz CT molecular complexity index is 796. The number of rotatable bonds is 4. The lowest BCUT2D eigenvalue weighted by Crippen LogP contribution is -2.26. The lowest BCUT2D eigenvalue weighted by Gasteiger charge is -1.97. The molecule has 1 aliphatic rings. The summed E-state index contributed by atoms with van der Waals surface area (Å²) in [6.45, 7) is 0. The minimum atomic E-state index is -1.02. The van der Waals surface area contributed by atoms with Gasteiger partial charge < -0.3 is 15.4 Å². The first-order valence-corrected chi connectivity index (χ1v) is 7.38. The fraction of sp³-hybridized carbons (Fsp3) is 0.143. The van der Waals surface area contributed by atoms with Crippen LogP contribution in [0.25, 0.3) is 10.9 Å². The Morgan fingerprint density at radius 1 is 1.41 bits per heavy atom. The highest BCUT2D eigenvalue weighted by Gasteiger charge is 2.32. The molecule has 7 nitrogen and oxygen atoms in total. The molecule has 1 aromatic carbocycles. The van der Waals surface area contributed by atoms with E-state index < -0.39 is 11.2 Å². The summed E-state index contributed by atoms with van der Waals surface area (Å²) in [5.41, 5.74) is 1.89. The number of aliphatic carboxylic acids is 1. The number of carboxylic acid groups (broad SMARTS) is 1. The minimum absolute atomic E-state index is 0.234. The van der Waals surface area contributed by atoms with Gasteiger partial charge in [-0.3, -0.25) is 9.59 Å². The van der Waals surface area contributed by atoms with Crippen molar-refractivity contribution in [2.45, 2.75) is 11.7 Å². The maximum atomic E-state index is 11.6. The number of hydrogen-bond donors (Lipinski definition) is 3. The van der Waals surface area contributed by atoms with Gasteiger partial charge in [-0.15, -0.1) is 5.10 Å². The summed E-state index contributed by atoms with van der Waals surface area (Å²) in [6.07, 6.45) is 3.17. The molecule has 2 heterocycles. The second-order valence-electron chi connectivity index (χ2n) is 4.63. The Balaban J connectivity index is 1.72. The van der Waals surface area contributed by atoms with Gasteiger partial charge in [0, 0.05) is 22.7 Å². The quantitative estimate of drug-likeness (QED) is 0.588. The number of H-pyrrole nitrogens is 1. The number of amides is 1. The van der Waals surface area contributed by atoms with Crippen LogP contribution < -0.4 is 5.32 Å². The van der Waals surface area contributed by atoms with Gasteiger partial charge in [0.25, 0.3) is 0 Å². The van der Waals surface area contributed by atoms with E-state index in [1.165, 1.54) is 0 Å². The maximum absolute atomic E-state index is 11.6. The molecule has 1 fully saturated rings. The lowest BCUT2D eigenvalue weighted by atomic mass is 10.2. The molecule has 0 spiro atoms. The molecular weight excluding hydrogens is 304 g/mol. The van der Waals surface area contributed by atoms with Gasteiger partial charge in [0.15, 0.2) is 5.17 Å². The highest BCUT2D eigenvalue weighted by Crippen LogP contribution is 2.22. The molecule has 1 amide bonds. The number of benzene rings is 1. The number of nitrogens with one attached hydrogen (secondary N) is 2. The van der Waals surface area contributed by atoms with Gasteiger partial charge in [0.1, 0.15) is 5.25 Å². The van der Waals surface area contributed by atoms with Crippen molar-refractivity contribution in [2.24, 2.45) is 10.2 Å². The summed E-state index contributed by atoms with van der Waals surface area (Å²) in [6, 6.07) is 7.80. The number of carbonyl (C=O) groups excluding carboxylic acids is 1. The second kappa shape index (κ2) is 6.02. The van der Waals surface area contributed by atoms with Crippen LogP contribution in [0.4, 0.5) is 0 Å². The Labute approximate surface area is 129 Å². The minimum Gasteiger partial charge on any atom is -0.481 e. The third kappa shape index (κ3) is 3.01. The van der Waals surface area contributed by atoms with E-state index in [-0.39, 0.29) is 12.3 Å². The fourth-order valence-electron chi connectivity index (χ4n) is 2.09. The van der Waals surface area contributed by atoms with Crippen molar-refractivity contribution in [1.82, 2.24) is 10.3 Å². The van der Waals surface area contributed by atoms with Crippen molar-refractivity contribution >= 4 is 45.9 Å². The van der Waals surface area contributed by atoms with E-state index in [0.29, 0.717) is 5.17 Å². The predicted octanol–water partition coefficient (Wildman–Crippen LogP) is 1.56. The molecule has 0 unspecified atom stereocenters. The number of hydrogen-bond acceptors (Lipinski definition) is 5. The van der Waals surface area contributed by atoms with E-state index in [1.54, 1.807) is 6.21 Å². The highest BCUT2D eigenvalue weighted by atomic mass is 32.2. The Morgan fingerprint density at radius 3 is 3.05 bits per heavy atom. The van der Waals surface area contributed by atoms with Crippen molar-refractivity contribution in [1.29, 1.82) is 0 Å². The second-order valence-corrected chi connectivity index (χ2v) is 5.82. The van der Waals surface area contributed by atoms with E-state index in [1.807, 2.05) is 30.5 Å². The zero-order valence-electron chi connectivity index (χ0n) is 11.3. The fourth-order valence-corrected chi connectivity index (χ4v) is 3.00. The molecule has 0 bridgehead atoms. The van der Waals surface area contributed by atoms with E-state index in [4.69, 9.17) is 5.11 Å². The molecule has 3 N–H and O–H groups in total. The van der Waals surface area contributed by atoms with Crippen LogP contribution in [0.3, 0.4) is 0 Å². The van der Waals surface area contributed by atoms with Gasteiger partial charge in [-0.1, -0.05) is 30.0 Å². The van der Waals surface area contributed by atoms with Gasteiger partial charge in [0.2, 0.25) is 5.91 Å². The molecule has 3 rings (SSSR count). The van der Waals surface area contributed by atoms with Crippen molar-refractivity contribution in [2.75, 3.05) is 0 Å². The normalized spacial score (nSPS) is 20.1. The molecule has 0 saturated carbocycles. The van der Waals surface area contributed by atoms with E-state index >= 15 is 0 Å². The number of para-hydroxylation sites is 1. The van der Waals surface area contributed by atoms with Crippen molar-refractivity contribution < 1.29 is 14.7 Å². The van der Waals surface area contributed by atoms with Crippen LogP contribution in [-0.2, 0) is 9.59 Å². The largest absolute Gasteiger partial charge is 0.481 e. The third-order valence-corrected chi connectivity index (χ3v) is 4.18. The van der Waals surface area contributed by atoms with Gasteiger partial charge in [-0.2, -0.15) is 5.10 Å². The number of carbonyl (C=O) groups is 2. The number of aromatic amines is 1. The third-order valence-electron chi connectivity index (χ3n) is 3.10. The average molecular weight is 316 g/mol. The van der Waals surface area contributed by atoms with Crippen molar-refractivity contribution in [3.05, 3.63) is 36.0 Å². The molecule has 1 aromatic heterocycles. The molecule has 2 aromatic rings. The lowest BCUT2D eigenvalue weighted by molar-refractivity contribution is -0.138. The first-order valence-electron chi connectivity index (χ1n) is 6.50. The van der Waals surface area contributed by atoms with Crippen LogP contribution in [0.15, 0.2) is 40.7 Å². The Kier molecular flexibility index (Phi) is 3.92. The predicted molar refractivity (Wildman–Crippen MR) is 85.1 cm³/mol. The highest BCUT2D eigenvalue weighted by molar-refractivity contribution is 8.15. The molecule has 22 heavy (non-hydrogen) atoms. The molecule has 1 saturated heterocycles. The van der Waals surface area contributed by atoms with E-state index in [0.717, 1.165) is 28.2 Å². The van der Waals surface area contributed by atoms with Gasteiger partial charge >= 0.3 is 5.97 Å². The number of thioether (sulfide) groups is 1. The Morgan fingerprint density at radius 2 is 2.23 bits per heavy atom. The summed E-state index contributed by atoms with van der Waals surface area (Å²) >= 11 is 1.07. The topological polar surface area (TPSA) is 107 Å². The zero-order chi connectivity index (χ0) is 15.5. The van der Waals surface area contributed by atoms with Crippen LogP contribution in [0.1, 0.15) is 12.0 Å². The molecule has 112 valence electrons. The summed E-state index contributed by atoms with van der Waals surface area (Å²) in [4.78, 5) is 25.3. The van der Waals surface area contributed by atoms with E-state index in [2.05, 4.69) is 20.5 Å². The monoisotopic (exact) mass is 316 g/mol. The molecule has 1 atom stereocenters. The number of nitrogens with zero attached hydrogens (tertiary/aromatic N) is 2. The van der Waals surface area contributed by atoms with Crippen LogP contribution >= 0.6 is 11.8 Å². The van der Waals surface area contributed by atoms with Crippen LogP contribution in [0.2, 0.25) is 0 Å². The van der Waals surface area contributed by atoms with Gasteiger partial charge in [-0.05, 0) is 6.07 Å². The number of carboxylic acids is 1.